The highest BCUT2D eigenvalue weighted by Gasteiger charge is 2.30. The summed E-state index contributed by atoms with van der Waals surface area (Å²) in [7, 11) is 2.78. The van der Waals surface area contributed by atoms with E-state index >= 15 is 0 Å². The molecule has 2 aliphatic rings. The van der Waals surface area contributed by atoms with Crippen molar-refractivity contribution in [2.75, 3.05) is 6.54 Å². The van der Waals surface area contributed by atoms with Crippen LogP contribution in [0.25, 0.3) is 0 Å². The van der Waals surface area contributed by atoms with Crippen molar-refractivity contribution in [3.63, 3.8) is 0 Å². The lowest BCUT2D eigenvalue weighted by atomic mass is 9.97. The van der Waals surface area contributed by atoms with E-state index in [-0.39, 0.29) is 24.0 Å². The number of nitrogens with zero attached hydrogens (tertiary/aromatic N) is 1. The van der Waals surface area contributed by atoms with Crippen LogP contribution in [0.5, 0.6) is 0 Å². The second kappa shape index (κ2) is 7.00. The summed E-state index contributed by atoms with van der Waals surface area (Å²) in [6.07, 6.45) is 0.438. The maximum absolute atomic E-state index is 11.6. The molecule has 21 heavy (non-hydrogen) atoms. The quantitative estimate of drug-likeness (QED) is 0.809. The Labute approximate surface area is 129 Å². The standard InChI is InChI=1S/C14H22N2O3P2/c1-7-8(2)10(4)16-13(9(7)3)18-11-5-12(14(17)19-20)21-15-6-11/h11-13,16H,5-6,20H2,1-4H3. The fraction of sp³-hybridized carbons (Fsp3) is 0.643. The third kappa shape index (κ3) is 3.71. The molecule has 5 nitrogen and oxygen atoms in total. The van der Waals surface area contributed by atoms with Crippen LogP contribution >= 0.6 is 17.8 Å². The Morgan fingerprint density at radius 2 is 2.05 bits per heavy atom. The normalized spacial score (nSPS) is 30.2. The molecule has 4 unspecified atom stereocenters. The first-order valence-corrected chi connectivity index (χ1v) is 8.37. The van der Waals surface area contributed by atoms with Gasteiger partial charge in [-0.05, 0) is 50.8 Å². The van der Waals surface area contributed by atoms with Crippen molar-refractivity contribution in [2.24, 2.45) is 4.74 Å². The molecule has 0 aromatic rings. The largest absolute Gasteiger partial charge is 0.451 e. The molecular formula is C14H22N2O3P2. The summed E-state index contributed by atoms with van der Waals surface area (Å²) in [5.41, 5.74) is 4.63. The molecule has 0 spiro atoms. The Bertz CT molecular complexity index is 528. The molecule has 0 aromatic carbocycles. The Balaban J connectivity index is 2.04. The van der Waals surface area contributed by atoms with Gasteiger partial charge in [0.05, 0.1) is 22.1 Å². The minimum Gasteiger partial charge on any atom is -0.451 e. The minimum atomic E-state index is -0.245. The van der Waals surface area contributed by atoms with Gasteiger partial charge in [-0.2, -0.15) is 0 Å². The molecule has 2 aliphatic heterocycles. The van der Waals surface area contributed by atoms with E-state index in [0.717, 1.165) is 14.1 Å². The molecule has 0 saturated carbocycles. The molecule has 0 amide bonds. The Kier molecular flexibility index (Phi) is 5.54. The smallest absolute Gasteiger partial charge is 0.321 e. The molecule has 0 aliphatic carbocycles. The molecule has 4 atom stereocenters. The third-order valence-corrected chi connectivity index (χ3v) is 5.43. The van der Waals surface area contributed by atoms with E-state index in [2.05, 4.69) is 37.8 Å². The fourth-order valence-electron chi connectivity index (χ4n) is 2.44. The molecule has 0 fully saturated rings. The van der Waals surface area contributed by atoms with Gasteiger partial charge < -0.3 is 14.6 Å². The van der Waals surface area contributed by atoms with Crippen LogP contribution in [0.2, 0.25) is 0 Å². The van der Waals surface area contributed by atoms with Gasteiger partial charge in [-0.3, -0.25) is 9.54 Å². The van der Waals surface area contributed by atoms with Crippen LogP contribution < -0.4 is 5.32 Å². The fourth-order valence-corrected chi connectivity index (χ4v) is 3.68. The first-order chi connectivity index (χ1) is 9.93. The number of carbonyl (C=O) groups is 1. The van der Waals surface area contributed by atoms with Crippen LogP contribution in [0.15, 0.2) is 27.2 Å². The number of ether oxygens (including phenoxy) is 1. The monoisotopic (exact) mass is 328 g/mol. The average molecular weight is 328 g/mol. The van der Waals surface area contributed by atoms with Gasteiger partial charge in [0, 0.05) is 14.1 Å². The van der Waals surface area contributed by atoms with Gasteiger partial charge in [0.25, 0.3) is 0 Å². The van der Waals surface area contributed by atoms with E-state index in [0.29, 0.717) is 13.0 Å². The van der Waals surface area contributed by atoms with Crippen molar-refractivity contribution in [3.8, 4) is 0 Å². The molecule has 116 valence electrons. The van der Waals surface area contributed by atoms with Gasteiger partial charge >= 0.3 is 5.97 Å². The zero-order valence-electron chi connectivity index (χ0n) is 12.8. The van der Waals surface area contributed by atoms with Crippen molar-refractivity contribution in [2.45, 2.75) is 52.1 Å². The Morgan fingerprint density at radius 3 is 2.71 bits per heavy atom. The van der Waals surface area contributed by atoms with Gasteiger partial charge in [-0.25, -0.2) is 0 Å². The number of carbonyl (C=O) groups excluding carboxylic acids is 1. The van der Waals surface area contributed by atoms with Crippen LogP contribution in [0.3, 0.4) is 0 Å². The van der Waals surface area contributed by atoms with Gasteiger partial charge in [0.15, 0.2) is 6.23 Å². The molecule has 0 saturated heterocycles. The molecule has 1 N–H and O–H groups in total. The first-order valence-electron chi connectivity index (χ1n) is 6.98. The highest BCUT2D eigenvalue weighted by atomic mass is 31.1. The minimum absolute atomic E-state index is 0.0631. The van der Waals surface area contributed by atoms with E-state index in [9.17, 15) is 4.79 Å². The van der Waals surface area contributed by atoms with E-state index < -0.39 is 0 Å². The number of rotatable bonds is 3. The van der Waals surface area contributed by atoms with Crippen molar-refractivity contribution in [1.29, 1.82) is 0 Å². The third-order valence-electron chi connectivity index (χ3n) is 4.17. The molecule has 0 aromatic heterocycles. The zero-order chi connectivity index (χ0) is 15.6. The lowest BCUT2D eigenvalue weighted by Gasteiger charge is -2.33. The second-order valence-electron chi connectivity index (χ2n) is 5.47. The SMILES string of the molecule is CC1=C(C)C(C)=C(C)C(OC2CN=PC(C(=O)OP)C2)N1. The molecule has 2 rings (SSSR count). The van der Waals surface area contributed by atoms with Crippen LogP contribution in [0, 0.1) is 0 Å². The lowest BCUT2D eigenvalue weighted by molar-refractivity contribution is -0.133. The summed E-state index contributed by atoms with van der Waals surface area (Å²) < 4.78 is 15.2. The van der Waals surface area contributed by atoms with Gasteiger partial charge in [-0.15, -0.1) is 0 Å². The maximum atomic E-state index is 11.6. The van der Waals surface area contributed by atoms with E-state index in [1.54, 1.807) is 0 Å². The molecule has 0 bridgehead atoms. The van der Waals surface area contributed by atoms with Crippen molar-refractivity contribution < 1.29 is 14.1 Å². The second-order valence-corrected chi connectivity index (χ2v) is 6.84. The number of allylic oxidation sites excluding steroid dienone is 3. The Morgan fingerprint density at radius 1 is 1.33 bits per heavy atom. The van der Waals surface area contributed by atoms with E-state index in [1.807, 2.05) is 9.47 Å². The summed E-state index contributed by atoms with van der Waals surface area (Å²) in [6.45, 7) is 8.98. The summed E-state index contributed by atoms with van der Waals surface area (Å²) in [5, 5.41) is 3.39. The predicted octanol–water partition coefficient (Wildman–Crippen LogP) is 3.17. The number of hydrogen-bond acceptors (Lipinski definition) is 5. The highest BCUT2D eigenvalue weighted by Crippen LogP contribution is 2.30. The molecular weight excluding hydrogens is 306 g/mol. The van der Waals surface area contributed by atoms with Crippen LogP contribution in [0.1, 0.15) is 34.1 Å². The highest BCUT2D eigenvalue weighted by molar-refractivity contribution is 7.29. The number of dihydropyridines is 1. The van der Waals surface area contributed by atoms with Crippen LogP contribution in [-0.4, -0.2) is 30.5 Å². The van der Waals surface area contributed by atoms with Crippen molar-refractivity contribution in [1.82, 2.24) is 5.32 Å². The molecule has 0 radical (unpaired) electrons. The van der Waals surface area contributed by atoms with Crippen LogP contribution in [0.4, 0.5) is 0 Å². The van der Waals surface area contributed by atoms with E-state index in [4.69, 9.17) is 9.26 Å². The van der Waals surface area contributed by atoms with Crippen molar-refractivity contribution >= 4 is 23.8 Å². The topological polar surface area (TPSA) is 59.9 Å². The lowest BCUT2D eigenvalue weighted by Crippen LogP contribution is -2.41. The zero-order valence-corrected chi connectivity index (χ0v) is 14.9. The summed E-state index contributed by atoms with van der Waals surface area (Å²) >= 11 is 0. The van der Waals surface area contributed by atoms with Crippen LogP contribution in [-0.2, 0) is 14.1 Å². The van der Waals surface area contributed by atoms with Crippen molar-refractivity contribution in [3.05, 3.63) is 22.4 Å². The maximum Gasteiger partial charge on any atom is 0.321 e. The summed E-state index contributed by atoms with van der Waals surface area (Å²) in [4.78, 5) is 11.6. The van der Waals surface area contributed by atoms with Gasteiger partial charge in [0.2, 0.25) is 0 Å². The average Bonchev–Trinajstić information content (AvgIpc) is 2.50. The first kappa shape index (κ1) is 16.6. The Hall–Kier alpha value is -0.760. The number of hydrogen-bond donors (Lipinski definition) is 1. The summed E-state index contributed by atoms with van der Waals surface area (Å²) in [6, 6.07) is 0. The van der Waals surface area contributed by atoms with Gasteiger partial charge in [-0.1, -0.05) is 0 Å². The molecule has 7 heteroatoms. The number of nitrogens with one attached hydrogen (secondary N) is 1. The predicted molar refractivity (Wildman–Crippen MR) is 87.0 cm³/mol. The van der Waals surface area contributed by atoms with E-state index in [1.165, 1.54) is 16.7 Å². The van der Waals surface area contributed by atoms with Gasteiger partial charge in [0.1, 0.15) is 5.66 Å². The summed E-state index contributed by atoms with van der Waals surface area (Å²) in [5.74, 6) is -0.245. The molecule has 2 heterocycles.